The van der Waals surface area contributed by atoms with E-state index in [9.17, 15) is 9.59 Å². The minimum atomic E-state index is -1.01. The largest absolute Gasteiger partial charge is 0.480 e. The van der Waals surface area contributed by atoms with E-state index >= 15 is 0 Å². The first kappa shape index (κ1) is 15.0. The molecule has 0 aliphatic carbocycles. The van der Waals surface area contributed by atoms with Crippen molar-refractivity contribution in [2.45, 2.75) is 32.2 Å². The molecule has 1 aromatic heterocycles. The van der Waals surface area contributed by atoms with Gasteiger partial charge in [-0.3, -0.25) is 4.68 Å². The Morgan fingerprint density at radius 2 is 2.26 bits per heavy atom. The number of carbonyl (C=O) groups excluding carboxylic acids is 1. The number of amides is 2. The summed E-state index contributed by atoms with van der Waals surface area (Å²) in [6.45, 7) is 2.31. The van der Waals surface area contributed by atoms with Gasteiger partial charge < -0.3 is 15.7 Å². The van der Waals surface area contributed by atoms with Crippen molar-refractivity contribution in [1.29, 1.82) is 0 Å². The molecule has 1 atom stereocenters. The number of hydrogen-bond donors (Lipinski definition) is 3. The molecular formula is C12H20N4O3. The first-order valence-electron chi connectivity index (χ1n) is 6.27. The van der Waals surface area contributed by atoms with E-state index in [0.717, 1.165) is 5.56 Å². The minimum Gasteiger partial charge on any atom is -0.480 e. The van der Waals surface area contributed by atoms with E-state index in [1.54, 1.807) is 10.9 Å². The molecule has 0 fully saturated rings. The van der Waals surface area contributed by atoms with Gasteiger partial charge in [-0.2, -0.15) is 5.10 Å². The van der Waals surface area contributed by atoms with E-state index in [1.807, 2.05) is 20.2 Å². The van der Waals surface area contributed by atoms with Gasteiger partial charge in [-0.15, -0.1) is 0 Å². The van der Waals surface area contributed by atoms with Crippen molar-refractivity contribution in [2.24, 2.45) is 7.05 Å². The molecule has 0 bridgehead atoms. The molecule has 1 rings (SSSR count). The lowest BCUT2D eigenvalue weighted by atomic mass is 10.2. The summed E-state index contributed by atoms with van der Waals surface area (Å²) in [6.07, 6.45) is 5.39. The van der Waals surface area contributed by atoms with Crippen LogP contribution in [0.2, 0.25) is 0 Å². The summed E-state index contributed by atoms with van der Waals surface area (Å²) in [5, 5.41) is 18.0. The number of aromatic nitrogens is 2. The highest BCUT2D eigenvalue weighted by molar-refractivity contribution is 5.82. The fourth-order valence-corrected chi connectivity index (χ4v) is 1.68. The van der Waals surface area contributed by atoms with E-state index in [4.69, 9.17) is 5.11 Å². The Hall–Kier alpha value is -2.05. The van der Waals surface area contributed by atoms with E-state index in [0.29, 0.717) is 25.8 Å². The fraction of sp³-hybridized carbons (Fsp3) is 0.583. The number of carboxylic acid groups (broad SMARTS) is 1. The molecule has 7 nitrogen and oxygen atoms in total. The zero-order chi connectivity index (χ0) is 14.3. The van der Waals surface area contributed by atoms with Gasteiger partial charge in [-0.05, 0) is 18.4 Å². The predicted octanol–water partition coefficient (Wildman–Crippen LogP) is 0.515. The zero-order valence-electron chi connectivity index (χ0n) is 11.2. The summed E-state index contributed by atoms with van der Waals surface area (Å²) in [7, 11) is 1.83. The van der Waals surface area contributed by atoms with Gasteiger partial charge in [-0.1, -0.05) is 13.3 Å². The Bertz CT molecular complexity index is 430. The van der Waals surface area contributed by atoms with Crippen LogP contribution in [0.1, 0.15) is 25.3 Å². The van der Waals surface area contributed by atoms with Gasteiger partial charge in [0.25, 0.3) is 0 Å². The molecule has 1 aromatic rings. The molecule has 1 heterocycles. The smallest absolute Gasteiger partial charge is 0.326 e. The molecule has 3 N–H and O–H groups in total. The molecule has 0 radical (unpaired) electrons. The third-order valence-electron chi connectivity index (χ3n) is 2.64. The normalized spacial score (nSPS) is 11.9. The highest BCUT2D eigenvalue weighted by Crippen LogP contribution is 1.98. The van der Waals surface area contributed by atoms with Gasteiger partial charge in [0.05, 0.1) is 6.20 Å². The topological polar surface area (TPSA) is 96.3 Å². The Labute approximate surface area is 112 Å². The molecule has 0 unspecified atom stereocenters. The Balaban J connectivity index is 2.28. The molecular weight excluding hydrogens is 248 g/mol. The van der Waals surface area contributed by atoms with Crippen LogP contribution in [0, 0.1) is 0 Å². The van der Waals surface area contributed by atoms with Crippen LogP contribution in [-0.4, -0.2) is 39.5 Å². The van der Waals surface area contributed by atoms with Gasteiger partial charge in [0.2, 0.25) is 0 Å². The first-order chi connectivity index (χ1) is 9.02. The number of nitrogens with zero attached hydrogens (tertiary/aromatic N) is 2. The molecule has 0 aliphatic rings. The lowest BCUT2D eigenvalue weighted by Gasteiger charge is -2.14. The summed E-state index contributed by atoms with van der Waals surface area (Å²) in [5.74, 6) is -1.01. The van der Waals surface area contributed by atoms with Crippen LogP contribution in [0.15, 0.2) is 12.4 Å². The number of urea groups is 1. The monoisotopic (exact) mass is 268 g/mol. The number of carbonyl (C=O) groups is 2. The second-order valence-corrected chi connectivity index (χ2v) is 4.35. The molecule has 7 heteroatoms. The minimum absolute atomic E-state index is 0.422. The molecule has 106 valence electrons. The molecule has 0 aliphatic heterocycles. The quantitative estimate of drug-likeness (QED) is 0.671. The maximum Gasteiger partial charge on any atom is 0.326 e. The van der Waals surface area contributed by atoms with Crippen LogP contribution in [-0.2, 0) is 18.3 Å². The van der Waals surface area contributed by atoms with Crippen molar-refractivity contribution in [2.75, 3.05) is 6.54 Å². The van der Waals surface area contributed by atoms with Crippen LogP contribution in [0.25, 0.3) is 0 Å². The van der Waals surface area contributed by atoms with Gasteiger partial charge >= 0.3 is 12.0 Å². The van der Waals surface area contributed by atoms with Crippen LogP contribution >= 0.6 is 0 Å². The van der Waals surface area contributed by atoms with E-state index in [1.165, 1.54) is 0 Å². The summed E-state index contributed by atoms with van der Waals surface area (Å²) >= 11 is 0. The maximum atomic E-state index is 11.5. The number of nitrogens with one attached hydrogen (secondary N) is 2. The standard InChI is InChI=1S/C12H20N4O3/c1-3-4-10(11(17)18)15-12(19)13-6-5-9-7-14-16(2)8-9/h7-8,10H,3-6H2,1-2H3,(H,17,18)(H2,13,15,19)/t10-/m1/s1. The second kappa shape index (κ2) is 7.40. The van der Waals surface area contributed by atoms with Crippen molar-refractivity contribution in [3.8, 4) is 0 Å². The lowest BCUT2D eigenvalue weighted by molar-refractivity contribution is -0.139. The average Bonchev–Trinajstić information content (AvgIpc) is 2.74. The summed E-state index contributed by atoms with van der Waals surface area (Å²) < 4.78 is 1.69. The van der Waals surface area contributed by atoms with Gasteiger partial charge in [0.15, 0.2) is 0 Å². The molecule has 0 saturated carbocycles. The Kier molecular flexibility index (Phi) is 5.84. The van der Waals surface area contributed by atoms with Crippen molar-refractivity contribution < 1.29 is 14.7 Å². The highest BCUT2D eigenvalue weighted by Gasteiger charge is 2.18. The van der Waals surface area contributed by atoms with Gasteiger partial charge in [0.1, 0.15) is 6.04 Å². The average molecular weight is 268 g/mol. The highest BCUT2D eigenvalue weighted by atomic mass is 16.4. The number of carboxylic acids is 1. The Morgan fingerprint density at radius 1 is 1.53 bits per heavy atom. The second-order valence-electron chi connectivity index (χ2n) is 4.35. The fourth-order valence-electron chi connectivity index (χ4n) is 1.68. The Morgan fingerprint density at radius 3 is 2.79 bits per heavy atom. The molecule has 0 saturated heterocycles. The third-order valence-corrected chi connectivity index (χ3v) is 2.64. The van der Waals surface area contributed by atoms with Crippen LogP contribution < -0.4 is 10.6 Å². The van der Waals surface area contributed by atoms with Crippen molar-refractivity contribution >= 4 is 12.0 Å². The molecule has 0 aromatic carbocycles. The third kappa shape index (κ3) is 5.41. The number of aryl methyl sites for hydroxylation is 1. The van der Waals surface area contributed by atoms with Crippen LogP contribution in [0.4, 0.5) is 4.79 Å². The molecule has 19 heavy (non-hydrogen) atoms. The van der Waals surface area contributed by atoms with E-state index in [-0.39, 0.29) is 0 Å². The summed E-state index contributed by atoms with van der Waals surface area (Å²) in [5.41, 5.74) is 1.02. The van der Waals surface area contributed by atoms with Crippen molar-refractivity contribution in [3.05, 3.63) is 18.0 Å². The molecule has 0 spiro atoms. The van der Waals surface area contributed by atoms with Crippen molar-refractivity contribution in [1.82, 2.24) is 20.4 Å². The van der Waals surface area contributed by atoms with Crippen molar-refractivity contribution in [3.63, 3.8) is 0 Å². The van der Waals surface area contributed by atoms with Crippen LogP contribution in [0.3, 0.4) is 0 Å². The van der Waals surface area contributed by atoms with E-state index < -0.39 is 18.0 Å². The predicted molar refractivity (Wildman–Crippen MR) is 69.8 cm³/mol. The van der Waals surface area contributed by atoms with Crippen LogP contribution in [0.5, 0.6) is 0 Å². The lowest BCUT2D eigenvalue weighted by Crippen LogP contribution is -2.46. The zero-order valence-corrected chi connectivity index (χ0v) is 11.2. The molecule has 2 amide bonds. The summed E-state index contributed by atoms with van der Waals surface area (Å²) in [4.78, 5) is 22.4. The van der Waals surface area contributed by atoms with E-state index in [2.05, 4.69) is 15.7 Å². The number of rotatable bonds is 7. The van der Waals surface area contributed by atoms with Gasteiger partial charge in [0, 0.05) is 19.8 Å². The van der Waals surface area contributed by atoms with Gasteiger partial charge in [-0.25, -0.2) is 9.59 Å². The first-order valence-corrected chi connectivity index (χ1v) is 6.27. The number of hydrogen-bond acceptors (Lipinski definition) is 3. The summed E-state index contributed by atoms with van der Waals surface area (Å²) in [6, 6.07) is -1.28. The maximum absolute atomic E-state index is 11.5. The SMILES string of the molecule is CCC[C@@H](NC(=O)NCCc1cnn(C)c1)C(=O)O. The number of aliphatic carboxylic acids is 1.